The van der Waals surface area contributed by atoms with E-state index in [0.29, 0.717) is 22.4 Å². The van der Waals surface area contributed by atoms with Gasteiger partial charge in [0.25, 0.3) is 0 Å². The first-order chi connectivity index (χ1) is 15.9. The molecule has 0 unspecified atom stereocenters. The van der Waals surface area contributed by atoms with Gasteiger partial charge in [-0.05, 0) is 59.7 Å². The molecule has 0 fully saturated rings. The lowest BCUT2D eigenvalue weighted by molar-refractivity contribution is -0.139. The molecule has 3 aromatic rings. The SMILES string of the molecule is CN(Cc1ccc(OCC(=O)O)c(-c2cccc(S(C)(=O)=O)c2)c1)S(=O)(=O)c1ccc(N)cc1. The molecule has 0 bridgehead atoms. The van der Waals surface area contributed by atoms with E-state index in [1.165, 1.54) is 53.8 Å². The third kappa shape index (κ3) is 5.93. The van der Waals surface area contributed by atoms with Crippen molar-refractivity contribution in [3.05, 3.63) is 72.3 Å². The summed E-state index contributed by atoms with van der Waals surface area (Å²) in [5.74, 6) is -0.949. The van der Waals surface area contributed by atoms with Gasteiger partial charge < -0.3 is 15.6 Å². The molecular formula is C23H24N2O7S2. The third-order valence-electron chi connectivity index (χ3n) is 4.96. The van der Waals surface area contributed by atoms with Crippen LogP contribution in [0, 0.1) is 0 Å². The number of sulfonamides is 1. The Balaban J connectivity index is 2.00. The second kappa shape index (κ2) is 9.84. The molecule has 0 heterocycles. The number of nitrogens with two attached hydrogens (primary N) is 1. The predicted octanol–water partition coefficient (Wildman–Crippen LogP) is 2.62. The van der Waals surface area contributed by atoms with Crippen LogP contribution in [0.25, 0.3) is 11.1 Å². The highest BCUT2D eigenvalue weighted by Gasteiger charge is 2.22. The van der Waals surface area contributed by atoms with E-state index in [9.17, 15) is 21.6 Å². The summed E-state index contributed by atoms with van der Waals surface area (Å²) in [7, 11) is -5.85. The summed E-state index contributed by atoms with van der Waals surface area (Å²) in [4.78, 5) is 11.2. The van der Waals surface area contributed by atoms with Crippen molar-refractivity contribution in [2.24, 2.45) is 0 Å². The highest BCUT2D eigenvalue weighted by atomic mass is 32.2. The molecule has 0 aliphatic rings. The van der Waals surface area contributed by atoms with Crippen LogP contribution in [0.2, 0.25) is 0 Å². The molecule has 0 saturated carbocycles. The number of hydrogen-bond donors (Lipinski definition) is 2. The van der Waals surface area contributed by atoms with Crippen molar-refractivity contribution in [3.63, 3.8) is 0 Å². The Morgan fingerprint density at radius 1 is 0.971 bits per heavy atom. The normalized spacial score (nSPS) is 12.0. The Bertz CT molecular complexity index is 1420. The molecule has 0 radical (unpaired) electrons. The first-order valence-corrected chi connectivity index (χ1v) is 13.3. The highest BCUT2D eigenvalue weighted by Crippen LogP contribution is 2.33. The largest absolute Gasteiger partial charge is 0.481 e. The quantitative estimate of drug-likeness (QED) is 0.423. The summed E-state index contributed by atoms with van der Waals surface area (Å²) < 4.78 is 56.4. The molecule has 3 N–H and O–H groups in total. The predicted molar refractivity (Wildman–Crippen MR) is 128 cm³/mol. The van der Waals surface area contributed by atoms with Crippen LogP contribution in [-0.4, -0.2) is 52.1 Å². The van der Waals surface area contributed by atoms with Gasteiger partial charge in [-0.2, -0.15) is 4.31 Å². The van der Waals surface area contributed by atoms with E-state index in [-0.39, 0.29) is 22.1 Å². The number of carboxylic acids is 1. The highest BCUT2D eigenvalue weighted by molar-refractivity contribution is 7.90. The number of anilines is 1. The van der Waals surface area contributed by atoms with Gasteiger partial charge in [0.2, 0.25) is 10.0 Å². The molecule has 0 saturated heterocycles. The lowest BCUT2D eigenvalue weighted by Gasteiger charge is -2.19. The summed E-state index contributed by atoms with van der Waals surface area (Å²) in [5.41, 5.74) is 7.59. The molecule has 11 heteroatoms. The number of nitrogen functional groups attached to an aromatic ring is 1. The fourth-order valence-corrected chi connectivity index (χ4v) is 5.05. The molecule has 3 aromatic carbocycles. The van der Waals surface area contributed by atoms with Crippen LogP contribution >= 0.6 is 0 Å². The van der Waals surface area contributed by atoms with E-state index in [2.05, 4.69) is 0 Å². The first-order valence-electron chi connectivity index (χ1n) is 9.98. The average Bonchev–Trinajstić information content (AvgIpc) is 2.78. The van der Waals surface area contributed by atoms with Gasteiger partial charge in [-0.1, -0.05) is 18.2 Å². The number of carbonyl (C=O) groups is 1. The van der Waals surface area contributed by atoms with Crippen molar-refractivity contribution in [2.75, 3.05) is 25.6 Å². The van der Waals surface area contributed by atoms with Gasteiger partial charge in [0.1, 0.15) is 5.75 Å². The molecule has 0 aromatic heterocycles. The van der Waals surface area contributed by atoms with Crippen LogP contribution in [-0.2, 0) is 31.2 Å². The monoisotopic (exact) mass is 504 g/mol. The van der Waals surface area contributed by atoms with Gasteiger partial charge >= 0.3 is 5.97 Å². The molecule has 0 aliphatic heterocycles. The number of hydrogen-bond acceptors (Lipinski definition) is 7. The van der Waals surface area contributed by atoms with E-state index < -0.39 is 32.4 Å². The average molecular weight is 505 g/mol. The molecule has 34 heavy (non-hydrogen) atoms. The number of carboxylic acid groups (broad SMARTS) is 1. The maximum Gasteiger partial charge on any atom is 0.341 e. The van der Waals surface area contributed by atoms with Crippen molar-refractivity contribution < 1.29 is 31.5 Å². The van der Waals surface area contributed by atoms with Crippen LogP contribution in [0.15, 0.2) is 76.5 Å². The maximum absolute atomic E-state index is 12.9. The minimum absolute atomic E-state index is 0.00465. The Morgan fingerprint density at radius 2 is 1.65 bits per heavy atom. The van der Waals surface area contributed by atoms with E-state index in [1.54, 1.807) is 24.3 Å². The Hall–Kier alpha value is -3.41. The second-order valence-corrected chi connectivity index (χ2v) is 11.7. The molecular weight excluding hydrogens is 480 g/mol. The standard InChI is InChI=1S/C23H24N2O7S2/c1-25(34(30,31)19-9-7-18(24)8-10-19)14-16-6-11-22(32-15-23(26)27)21(12-16)17-4-3-5-20(13-17)33(2,28)29/h3-13H,14-15,24H2,1-2H3,(H,26,27). The van der Waals surface area contributed by atoms with Crippen molar-refractivity contribution in [1.82, 2.24) is 4.31 Å². The molecule has 180 valence electrons. The van der Waals surface area contributed by atoms with E-state index in [0.717, 1.165) is 6.26 Å². The fraction of sp³-hybridized carbons (Fsp3) is 0.174. The second-order valence-electron chi connectivity index (χ2n) is 7.64. The zero-order valence-corrected chi connectivity index (χ0v) is 20.1. The number of aliphatic carboxylic acids is 1. The minimum Gasteiger partial charge on any atom is -0.481 e. The summed E-state index contributed by atoms with van der Waals surface area (Å²) >= 11 is 0. The summed E-state index contributed by atoms with van der Waals surface area (Å²) in [6.45, 7) is -0.589. The Morgan fingerprint density at radius 3 is 2.26 bits per heavy atom. The fourth-order valence-electron chi connectivity index (χ4n) is 3.22. The maximum atomic E-state index is 12.9. The van der Waals surface area contributed by atoms with Crippen molar-refractivity contribution in [2.45, 2.75) is 16.3 Å². The van der Waals surface area contributed by atoms with Gasteiger partial charge in [0.15, 0.2) is 16.4 Å². The number of sulfone groups is 1. The van der Waals surface area contributed by atoms with E-state index in [4.69, 9.17) is 15.6 Å². The van der Waals surface area contributed by atoms with Crippen LogP contribution < -0.4 is 10.5 Å². The molecule has 9 nitrogen and oxygen atoms in total. The Kier molecular flexibility index (Phi) is 7.29. The van der Waals surface area contributed by atoms with Crippen LogP contribution in [0.1, 0.15) is 5.56 Å². The molecule has 0 amide bonds. The van der Waals surface area contributed by atoms with Gasteiger partial charge in [0.05, 0.1) is 9.79 Å². The van der Waals surface area contributed by atoms with E-state index in [1.807, 2.05) is 0 Å². The number of benzene rings is 3. The first kappa shape index (κ1) is 25.2. The van der Waals surface area contributed by atoms with E-state index >= 15 is 0 Å². The van der Waals surface area contributed by atoms with Crippen LogP contribution in [0.5, 0.6) is 5.75 Å². The number of rotatable bonds is 9. The molecule has 3 rings (SSSR count). The summed E-state index contributed by atoms with van der Waals surface area (Å²) in [5, 5.41) is 8.99. The van der Waals surface area contributed by atoms with Crippen LogP contribution in [0.3, 0.4) is 0 Å². The number of ether oxygens (including phenoxy) is 1. The smallest absolute Gasteiger partial charge is 0.341 e. The molecule has 0 spiro atoms. The zero-order chi connectivity index (χ0) is 25.1. The van der Waals surface area contributed by atoms with Gasteiger partial charge in [-0.25, -0.2) is 21.6 Å². The van der Waals surface area contributed by atoms with Gasteiger partial charge in [-0.3, -0.25) is 0 Å². The topological polar surface area (TPSA) is 144 Å². The van der Waals surface area contributed by atoms with Crippen molar-refractivity contribution in [3.8, 4) is 16.9 Å². The lowest BCUT2D eigenvalue weighted by Crippen LogP contribution is -2.26. The van der Waals surface area contributed by atoms with Gasteiger partial charge in [0, 0.05) is 31.1 Å². The van der Waals surface area contributed by atoms with Crippen molar-refractivity contribution >= 4 is 31.5 Å². The van der Waals surface area contributed by atoms with Crippen molar-refractivity contribution in [1.29, 1.82) is 0 Å². The zero-order valence-electron chi connectivity index (χ0n) is 18.5. The molecule has 0 aliphatic carbocycles. The minimum atomic E-state index is -3.80. The van der Waals surface area contributed by atoms with Gasteiger partial charge in [-0.15, -0.1) is 0 Å². The summed E-state index contributed by atoms with van der Waals surface area (Å²) in [6.07, 6.45) is 1.08. The molecule has 0 atom stereocenters. The van der Waals surface area contributed by atoms with Crippen LogP contribution in [0.4, 0.5) is 5.69 Å². The number of nitrogens with zero attached hydrogens (tertiary/aromatic N) is 1. The third-order valence-corrected chi connectivity index (χ3v) is 7.89. The lowest BCUT2D eigenvalue weighted by atomic mass is 10.0. The Labute approximate surface area is 198 Å². The summed E-state index contributed by atoms with van der Waals surface area (Å²) in [6, 6.07) is 16.8.